The number of methoxy groups -OCH3 is 1. The maximum atomic E-state index is 14.2. The molecule has 13 nitrogen and oxygen atoms in total. The molecule has 0 aromatic rings. The Morgan fingerprint density at radius 3 is 2.19 bits per heavy atom. The van der Waals surface area contributed by atoms with Crippen LogP contribution in [-0.4, -0.2) is 136 Å². The summed E-state index contributed by atoms with van der Waals surface area (Å²) in [6.45, 7) is 22.2. The number of fused-ring (bicyclic) bond motifs is 2. The molecule has 0 aromatic carbocycles. The van der Waals surface area contributed by atoms with E-state index in [0.717, 1.165) is 5.57 Å². The second kappa shape index (κ2) is 16.4. The molecule has 0 aliphatic carbocycles. The van der Waals surface area contributed by atoms with Crippen molar-refractivity contribution in [2.75, 3.05) is 14.2 Å². The molecule has 4 rings (SSSR count). The topological polar surface area (TPSA) is 166 Å². The summed E-state index contributed by atoms with van der Waals surface area (Å²) in [4.78, 5) is 16.3. The van der Waals surface area contributed by atoms with Gasteiger partial charge in [0.15, 0.2) is 12.6 Å². The van der Waals surface area contributed by atoms with E-state index in [2.05, 4.69) is 18.7 Å². The molecule has 302 valence electrons. The van der Waals surface area contributed by atoms with E-state index in [1.165, 1.54) is 14.0 Å². The fourth-order valence-corrected chi connectivity index (χ4v) is 9.00. The summed E-state index contributed by atoms with van der Waals surface area (Å²) in [5.74, 6) is -2.33. The van der Waals surface area contributed by atoms with Crippen molar-refractivity contribution in [3.8, 4) is 0 Å². The molecule has 3 unspecified atom stereocenters. The highest BCUT2D eigenvalue weighted by Crippen LogP contribution is 2.47. The monoisotopic (exact) mass is 743 g/mol. The highest BCUT2D eigenvalue weighted by atomic mass is 16.7. The minimum absolute atomic E-state index is 0.163. The molecular formula is C39H69NO12. The Morgan fingerprint density at radius 1 is 0.981 bits per heavy atom. The first-order valence-electron chi connectivity index (χ1n) is 19.3. The maximum absolute atomic E-state index is 14.2. The Morgan fingerprint density at radius 2 is 1.62 bits per heavy atom. The molecular weight excluding hydrogens is 674 g/mol. The summed E-state index contributed by atoms with van der Waals surface area (Å²) in [5.41, 5.74) is -3.01. The SMILES string of the molecule is CC[C@H]1OC(=O)[C@H](C)[C@@H](OC2C[C@@](C)(OC)[C@@H](O)[C@H](C)O2)[C@H](C)[C@@H](OC2O[C@H](C)C[C@H](N(C)C(C)C)[C@H]2O)C2(C)CC(C)=C(O2)[C@H](C)[C@@H](O)[C@]1(C)O. The van der Waals surface area contributed by atoms with Gasteiger partial charge in [-0.25, -0.2) is 0 Å². The van der Waals surface area contributed by atoms with Crippen LogP contribution in [-0.2, 0) is 38.0 Å². The molecule has 0 spiro atoms. The molecule has 0 amide bonds. The van der Waals surface area contributed by atoms with E-state index in [0.29, 0.717) is 18.6 Å². The van der Waals surface area contributed by atoms with Crippen molar-refractivity contribution in [2.24, 2.45) is 17.8 Å². The average molecular weight is 744 g/mol. The lowest BCUT2D eigenvalue weighted by atomic mass is 9.78. The van der Waals surface area contributed by atoms with E-state index in [9.17, 15) is 25.2 Å². The fraction of sp³-hybridized carbons (Fsp3) is 0.923. The number of ether oxygens (including phenoxy) is 7. The third-order valence-corrected chi connectivity index (χ3v) is 12.6. The van der Waals surface area contributed by atoms with Crippen LogP contribution in [0.25, 0.3) is 0 Å². The molecule has 3 saturated heterocycles. The van der Waals surface area contributed by atoms with Gasteiger partial charge >= 0.3 is 5.97 Å². The number of rotatable bonds is 8. The van der Waals surface area contributed by atoms with Crippen LogP contribution in [0.4, 0.5) is 0 Å². The molecule has 3 fully saturated rings. The molecule has 4 heterocycles. The van der Waals surface area contributed by atoms with Gasteiger partial charge in [-0.15, -0.1) is 0 Å². The number of cyclic esters (lactones) is 1. The van der Waals surface area contributed by atoms with Crippen LogP contribution < -0.4 is 0 Å². The minimum atomic E-state index is -1.82. The second-order valence-electron chi connectivity index (χ2n) is 17.1. The molecule has 13 heteroatoms. The van der Waals surface area contributed by atoms with E-state index in [1.54, 1.807) is 34.6 Å². The lowest BCUT2D eigenvalue weighted by Crippen LogP contribution is -2.61. The number of hydrogen-bond acceptors (Lipinski definition) is 13. The van der Waals surface area contributed by atoms with Gasteiger partial charge in [-0.05, 0) is 87.8 Å². The van der Waals surface area contributed by atoms with Crippen LogP contribution in [0.1, 0.15) is 109 Å². The summed E-state index contributed by atoms with van der Waals surface area (Å²) in [6.07, 6.45) is -7.45. The Kier molecular flexibility index (Phi) is 13.6. The van der Waals surface area contributed by atoms with Crippen molar-refractivity contribution in [1.29, 1.82) is 0 Å². The summed E-state index contributed by atoms with van der Waals surface area (Å²) < 4.78 is 44.9. The first-order valence-corrected chi connectivity index (χ1v) is 19.3. The Hall–Kier alpha value is -1.39. The van der Waals surface area contributed by atoms with E-state index in [-0.39, 0.29) is 31.0 Å². The van der Waals surface area contributed by atoms with Gasteiger partial charge in [0.05, 0.1) is 35.9 Å². The van der Waals surface area contributed by atoms with Crippen molar-refractivity contribution in [3.63, 3.8) is 0 Å². The second-order valence-corrected chi connectivity index (χ2v) is 17.1. The first kappa shape index (κ1) is 43.3. The summed E-state index contributed by atoms with van der Waals surface area (Å²) >= 11 is 0. The number of esters is 1. The van der Waals surface area contributed by atoms with Gasteiger partial charge in [-0.1, -0.05) is 20.8 Å². The molecule has 0 saturated carbocycles. The maximum Gasteiger partial charge on any atom is 0.311 e. The van der Waals surface area contributed by atoms with Gasteiger partial charge in [-0.3, -0.25) is 9.69 Å². The van der Waals surface area contributed by atoms with E-state index in [4.69, 9.17) is 33.2 Å². The van der Waals surface area contributed by atoms with Crippen molar-refractivity contribution < 1.29 is 58.4 Å². The molecule has 2 bridgehead atoms. The third kappa shape index (κ3) is 8.39. The average Bonchev–Trinajstić information content (AvgIpc) is 3.40. The van der Waals surface area contributed by atoms with Crippen LogP contribution in [0.2, 0.25) is 0 Å². The zero-order valence-corrected chi connectivity index (χ0v) is 34.0. The number of carbonyl (C=O) groups excluding carboxylic acids is 1. The number of carbonyl (C=O) groups is 1. The molecule has 52 heavy (non-hydrogen) atoms. The molecule has 17 atom stereocenters. The lowest BCUT2D eigenvalue weighted by molar-refractivity contribution is -0.317. The van der Waals surface area contributed by atoms with Crippen molar-refractivity contribution in [3.05, 3.63) is 11.3 Å². The van der Waals surface area contributed by atoms with E-state index in [1.807, 2.05) is 34.7 Å². The van der Waals surface area contributed by atoms with Gasteiger partial charge in [0.25, 0.3) is 0 Å². The van der Waals surface area contributed by atoms with Crippen LogP contribution in [0.5, 0.6) is 0 Å². The summed E-state index contributed by atoms with van der Waals surface area (Å²) in [5, 5.41) is 46.2. The largest absolute Gasteiger partial charge is 0.489 e. The van der Waals surface area contributed by atoms with Gasteiger partial charge in [0.1, 0.15) is 41.4 Å². The standard InChI is InChI=1S/C39H69NO12/c1-15-27-39(12,45)32(42)22(6)30-20(4)17-38(11,52-30)34(51-36-29(41)26(16-21(5)47-36)40(13)19(2)3)23(7)31(24(8)35(44)49-27)50-28-18-37(10,46-14)33(43)25(9)48-28/h19,21-29,31-34,36,41-43,45H,15-18H2,1-14H3/t21-,22+,23+,24-,25+,26+,27-,28?,29-,31+,32-,33+,34-,36?,37-,38?,39-/m1/s1. The minimum Gasteiger partial charge on any atom is -0.489 e. The lowest BCUT2D eigenvalue weighted by Gasteiger charge is -2.49. The zero-order valence-electron chi connectivity index (χ0n) is 34.0. The van der Waals surface area contributed by atoms with Crippen LogP contribution in [0.3, 0.4) is 0 Å². The molecule has 4 aliphatic rings. The Bertz CT molecular complexity index is 1260. The van der Waals surface area contributed by atoms with Gasteiger partial charge in [0, 0.05) is 43.9 Å². The third-order valence-electron chi connectivity index (χ3n) is 12.6. The smallest absolute Gasteiger partial charge is 0.311 e. The fourth-order valence-electron chi connectivity index (χ4n) is 9.00. The molecule has 0 radical (unpaired) electrons. The van der Waals surface area contributed by atoms with E-state index < -0.39 is 95.8 Å². The first-order chi connectivity index (χ1) is 24.0. The van der Waals surface area contributed by atoms with Crippen molar-refractivity contribution >= 4 is 5.97 Å². The molecule has 0 aromatic heterocycles. The van der Waals surface area contributed by atoms with Gasteiger partial charge in [0.2, 0.25) is 0 Å². The highest BCUT2D eigenvalue weighted by molar-refractivity contribution is 5.73. The number of likely N-dealkylation sites (N-methyl/N-ethyl adjacent to an activating group) is 1. The molecule has 4 aliphatic heterocycles. The van der Waals surface area contributed by atoms with Gasteiger partial charge < -0.3 is 53.6 Å². The number of aliphatic hydroxyl groups excluding tert-OH is 3. The summed E-state index contributed by atoms with van der Waals surface area (Å²) in [6, 6.07) is -0.0815. The predicted octanol–water partition coefficient (Wildman–Crippen LogP) is 3.67. The van der Waals surface area contributed by atoms with E-state index >= 15 is 0 Å². The van der Waals surface area contributed by atoms with Crippen LogP contribution in [0, 0.1) is 17.8 Å². The zero-order chi connectivity index (χ0) is 39.2. The quantitative estimate of drug-likeness (QED) is 0.267. The number of aliphatic hydroxyl groups is 4. The van der Waals surface area contributed by atoms with Crippen molar-refractivity contribution in [1.82, 2.24) is 4.90 Å². The van der Waals surface area contributed by atoms with Crippen LogP contribution >= 0.6 is 0 Å². The molecule has 4 N–H and O–H groups in total. The number of nitrogens with zero attached hydrogens (tertiary/aromatic N) is 1. The van der Waals surface area contributed by atoms with Gasteiger partial charge in [-0.2, -0.15) is 0 Å². The number of hydrogen-bond donors (Lipinski definition) is 4. The Balaban J connectivity index is 1.84. The highest BCUT2D eigenvalue weighted by Gasteiger charge is 2.56. The van der Waals surface area contributed by atoms with Crippen LogP contribution in [0.15, 0.2) is 11.3 Å². The normalized spacial score (nSPS) is 48.2. The Labute approximate surface area is 311 Å². The summed E-state index contributed by atoms with van der Waals surface area (Å²) in [7, 11) is 3.51. The predicted molar refractivity (Wildman–Crippen MR) is 193 cm³/mol. The van der Waals surface area contributed by atoms with Crippen molar-refractivity contribution in [2.45, 2.75) is 199 Å².